The Kier molecular flexibility index (Phi) is 1.26. The molecule has 1 nitrogen and oxygen atoms in total. The molecule has 0 spiro atoms. The lowest BCUT2D eigenvalue weighted by molar-refractivity contribution is -0.0469. The van der Waals surface area contributed by atoms with Crippen molar-refractivity contribution in [1.29, 1.82) is 0 Å². The molecule has 2 aliphatic heterocycles. The lowest BCUT2D eigenvalue weighted by Gasteiger charge is -2.27. The molecule has 0 saturated carbocycles. The second-order valence-corrected chi connectivity index (χ2v) is 4.36. The lowest BCUT2D eigenvalue weighted by Crippen LogP contribution is -2.30. The average Bonchev–Trinajstić information content (AvgIpc) is 2.42. The minimum atomic E-state index is 0.0737. The average molecular weight is 152 g/mol. The van der Waals surface area contributed by atoms with E-state index in [1.54, 1.807) is 0 Å². The highest BCUT2D eigenvalue weighted by Crippen LogP contribution is 2.48. The Balaban J connectivity index is 2.29. The molecule has 0 aliphatic carbocycles. The number of ether oxygens (including phenoxy) is 1. The lowest BCUT2D eigenvalue weighted by atomic mass is 9.83. The maximum atomic E-state index is 6.00. The Bertz CT molecular complexity index is 207. The molecule has 2 atom stereocenters. The van der Waals surface area contributed by atoms with Crippen molar-refractivity contribution in [2.75, 3.05) is 0 Å². The zero-order chi connectivity index (χ0) is 8.11. The van der Waals surface area contributed by atoms with Crippen LogP contribution in [0.2, 0.25) is 0 Å². The molecule has 1 heteroatoms. The summed E-state index contributed by atoms with van der Waals surface area (Å²) in [7, 11) is 0. The van der Waals surface area contributed by atoms with Crippen molar-refractivity contribution < 1.29 is 4.74 Å². The van der Waals surface area contributed by atoms with E-state index < -0.39 is 0 Å². The summed E-state index contributed by atoms with van der Waals surface area (Å²) in [5.74, 6) is 0.614. The summed E-state index contributed by atoms with van der Waals surface area (Å²) in [5.41, 5.74) is 0.166. The minimum absolute atomic E-state index is 0.0737. The Morgan fingerprint density at radius 2 is 2.00 bits per heavy atom. The van der Waals surface area contributed by atoms with Crippen LogP contribution in [0, 0.1) is 5.92 Å². The van der Waals surface area contributed by atoms with E-state index in [1.165, 1.54) is 12.8 Å². The topological polar surface area (TPSA) is 9.23 Å². The van der Waals surface area contributed by atoms with E-state index in [1.807, 2.05) is 0 Å². The van der Waals surface area contributed by atoms with Crippen molar-refractivity contribution >= 4 is 0 Å². The molecule has 0 amide bonds. The third-order valence-corrected chi connectivity index (χ3v) is 3.13. The van der Waals surface area contributed by atoms with Gasteiger partial charge in [0.15, 0.2) is 0 Å². The molecule has 0 radical (unpaired) electrons. The number of rotatable bonds is 1. The zero-order valence-corrected chi connectivity index (χ0v) is 7.55. The van der Waals surface area contributed by atoms with Crippen LogP contribution in [0.1, 0.15) is 33.6 Å². The molecule has 0 aromatic rings. The normalized spacial score (nSPS) is 47.6. The second-order valence-electron chi connectivity index (χ2n) is 4.36. The number of hydrogen-bond acceptors (Lipinski definition) is 1. The molecule has 62 valence electrons. The van der Waals surface area contributed by atoms with E-state index in [9.17, 15) is 0 Å². The van der Waals surface area contributed by atoms with Gasteiger partial charge >= 0.3 is 0 Å². The minimum Gasteiger partial charge on any atom is -0.360 e. The van der Waals surface area contributed by atoms with Crippen LogP contribution in [-0.4, -0.2) is 11.2 Å². The Labute approximate surface area is 68.4 Å². The molecule has 1 saturated heterocycles. The van der Waals surface area contributed by atoms with Crippen molar-refractivity contribution in [2.24, 2.45) is 5.92 Å². The van der Waals surface area contributed by atoms with Crippen LogP contribution in [0.4, 0.5) is 0 Å². The largest absolute Gasteiger partial charge is 0.360 e. The molecule has 0 aromatic heterocycles. The molecule has 0 aromatic carbocycles. The van der Waals surface area contributed by atoms with Gasteiger partial charge in [-0.25, -0.2) is 0 Å². The van der Waals surface area contributed by atoms with Gasteiger partial charge in [0.05, 0.1) is 11.2 Å². The van der Waals surface area contributed by atoms with Crippen LogP contribution in [0.3, 0.4) is 0 Å². The first-order chi connectivity index (χ1) is 5.06. The monoisotopic (exact) mass is 152 g/mol. The predicted octanol–water partition coefficient (Wildman–Crippen LogP) is 2.52. The first-order valence-electron chi connectivity index (χ1n) is 4.47. The molecule has 2 heterocycles. The zero-order valence-electron chi connectivity index (χ0n) is 7.55. The van der Waals surface area contributed by atoms with Crippen LogP contribution in [0.15, 0.2) is 12.2 Å². The summed E-state index contributed by atoms with van der Waals surface area (Å²) in [4.78, 5) is 0. The van der Waals surface area contributed by atoms with Crippen LogP contribution < -0.4 is 0 Å². The summed E-state index contributed by atoms with van der Waals surface area (Å²) in [6.07, 6.45) is 6.90. The first kappa shape index (κ1) is 7.35. The van der Waals surface area contributed by atoms with E-state index in [0.717, 1.165) is 0 Å². The van der Waals surface area contributed by atoms with Crippen molar-refractivity contribution in [1.82, 2.24) is 0 Å². The van der Waals surface area contributed by atoms with Gasteiger partial charge in [0.2, 0.25) is 0 Å². The quantitative estimate of drug-likeness (QED) is 0.525. The molecular weight excluding hydrogens is 136 g/mol. The van der Waals surface area contributed by atoms with Crippen molar-refractivity contribution in [3.8, 4) is 0 Å². The molecule has 0 N–H and O–H groups in total. The fourth-order valence-corrected chi connectivity index (χ4v) is 2.13. The highest BCUT2D eigenvalue weighted by molar-refractivity contribution is 5.23. The Hall–Kier alpha value is -0.300. The summed E-state index contributed by atoms with van der Waals surface area (Å²) in [6.45, 7) is 6.66. The van der Waals surface area contributed by atoms with Gasteiger partial charge in [0, 0.05) is 0 Å². The van der Waals surface area contributed by atoms with E-state index in [0.29, 0.717) is 5.92 Å². The SMILES string of the molecule is CC(C)[C@@]12C=C[C@@](C)(CC1)O2. The maximum Gasteiger partial charge on any atom is 0.0899 e. The van der Waals surface area contributed by atoms with E-state index in [-0.39, 0.29) is 11.2 Å². The molecule has 0 unspecified atom stereocenters. The second kappa shape index (κ2) is 1.89. The van der Waals surface area contributed by atoms with Gasteiger partial charge in [-0.05, 0) is 25.7 Å². The van der Waals surface area contributed by atoms with Gasteiger partial charge in [-0.15, -0.1) is 0 Å². The Morgan fingerprint density at radius 3 is 2.18 bits per heavy atom. The van der Waals surface area contributed by atoms with Crippen molar-refractivity contribution in [3.63, 3.8) is 0 Å². The third kappa shape index (κ3) is 0.871. The number of fused-ring (bicyclic) bond motifs is 2. The summed E-state index contributed by atoms with van der Waals surface area (Å²) >= 11 is 0. The molecule has 2 bridgehead atoms. The Morgan fingerprint density at radius 1 is 1.27 bits per heavy atom. The highest BCUT2D eigenvalue weighted by atomic mass is 16.5. The van der Waals surface area contributed by atoms with Gasteiger partial charge in [-0.2, -0.15) is 0 Å². The molecule has 2 rings (SSSR count). The molecule has 2 aliphatic rings. The van der Waals surface area contributed by atoms with Crippen LogP contribution in [-0.2, 0) is 4.74 Å². The van der Waals surface area contributed by atoms with Crippen molar-refractivity contribution in [3.05, 3.63) is 12.2 Å². The van der Waals surface area contributed by atoms with Gasteiger partial charge < -0.3 is 4.74 Å². The van der Waals surface area contributed by atoms with E-state index in [4.69, 9.17) is 4.74 Å². The first-order valence-corrected chi connectivity index (χ1v) is 4.47. The van der Waals surface area contributed by atoms with Crippen molar-refractivity contribution in [2.45, 2.75) is 44.8 Å². The highest BCUT2D eigenvalue weighted by Gasteiger charge is 2.50. The van der Waals surface area contributed by atoms with Crippen LogP contribution in [0.5, 0.6) is 0 Å². The third-order valence-electron chi connectivity index (χ3n) is 3.13. The fraction of sp³-hybridized carbons (Fsp3) is 0.800. The van der Waals surface area contributed by atoms with Gasteiger partial charge in [-0.1, -0.05) is 26.0 Å². The smallest absolute Gasteiger partial charge is 0.0899 e. The fourth-order valence-electron chi connectivity index (χ4n) is 2.13. The van der Waals surface area contributed by atoms with Crippen LogP contribution >= 0.6 is 0 Å². The van der Waals surface area contributed by atoms with Gasteiger partial charge in [-0.3, -0.25) is 0 Å². The van der Waals surface area contributed by atoms with E-state index >= 15 is 0 Å². The standard InChI is InChI=1S/C10H16O/c1-8(2)10-6-4-9(3,11-10)5-7-10/h4,6,8H,5,7H2,1-3H3/t9-,10+/m0/s1. The van der Waals surface area contributed by atoms with Gasteiger partial charge in [0.25, 0.3) is 0 Å². The maximum absolute atomic E-state index is 6.00. The summed E-state index contributed by atoms with van der Waals surface area (Å²) < 4.78 is 6.00. The van der Waals surface area contributed by atoms with Gasteiger partial charge in [0.1, 0.15) is 0 Å². The molecule has 1 fully saturated rings. The molecule has 11 heavy (non-hydrogen) atoms. The summed E-state index contributed by atoms with van der Waals surface area (Å²) in [5, 5.41) is 0. The van der Waals surface area contributed by atoms with Crippen LogP contribution in [0.25, 0.3) is 0 Å². The number of hydrogen-bond donors (Lipinski definition) is 0. The predicted molar refractivity (Wildman–Crippen MR) is 45.4 cm³/mol. The molecular formula is C10H16O. The summed E-state index contributed by atoms with van der Waals surface area (Å²) in [6, 6.07) is 0. The van der Waals surface area contributed by atoms with E-state index in [2.05, 4.69) is 32.9 Å².